The average molecular weight is 457 g/mol. The van der Waals surface area contributed by atoms with Crippen molar-refractivity contribution < 1.29 is 4.58 Å². The Morgan fingerprint density at radius 2 is 1.58 bits per heavy atom. The zero-order valence-electron chi connectivity index (χ0n) is 20.5. The van der Waals surface area contributed by atoms with Gasteiger partial charge in [0.05, 0.1) is 15.2 Å². The fourth-order valence-corrected chi connectivity index (χ4v) is 5.47. The molecular weight excluding hydrogens is 418 g/mol. The van der Waals surface area contributed by atoms with Crippen LogP contribution in [-0.4, -0.2) is 44.9 Å². The largest absolute Gasteiger partial charge is 0.258 e. The summed E-state index contributed by atoms with van der Waals surface area (Å²) in [5, 5.41) is 2.00. The summed E-state index contributed by atoms with van der Waals surface area (Å²) >= 11 is 3.81. The Bertz CT molecular complexity index is 960. The van der Waals surface area contributed by atoms with Crippen LogP contribution in [0.3, 0.4) is 0 Å². The first-order chi connectivity index (χ1) is 14.9. The van der Waals surface area contributed by atoms with Gasteiger partial charge in [0.1, 0.15) is 13.1 Å². The monoisotopic (exact) mass is 456 g/mol. The molecule has 1 fully saturated rings. The zero-order valence-corrected chi connectivity index (χ0v) is 22.1. The van der Waals surface area contributed by atoms with Gasteiger partial charge in [-0.25, -0.2) is 9.56 Å². The summed E-state index contributed by atoms with van der Waals surface area (Å²) in [6.45, 7) is 16.8. The highest BCUT2D eigenvalue weighted by atomic mass is 32.2. The minimum Gasteiger partial charge on any atom is -0.258 e. The van der Waals surface area contributed by atoms with Gasteiger partial charge in [0.15, 0.2) is 5.71 Å². The Labute approximate surface area is 197 Å². The Balaban J connectivity index is 0.000000261. The molecule has 0 bridgehead atoms. The summed E-state index contributed by atoms with van der Waals surface area (Å²) < 4.78 is 3.85. The molecule has 0 amide bonds. The lowest BCUT2D eigenvalue weighted by Crippen LogP contribution is -2.31. The second-order valence-corrected chi connectivity index (χ2v) is 10.2. The highest BCUT2D eigenvalue weighted by Crippen LogP contribution is 2.24. The summed E-state index contributed by atoms with van der Waals surface area (Å²) in [5.41, 5.74) is 7.39. The molecule has 31 heavy (non-hydrogen) atoms. The van der Waals surface area contributed by atoms with E-state index in [1.54, 1.807) is 11.3 Å². The van der Waals surface area contributed by atoms with Crippen LogP contribution in [0.5, 0.6) is 0 Å². The molecule has 0 radical (unpaired) electrons. The minimum atomic E-state index is 0.852. The van der Waals surface area contributed by atoms with Gasteiger partial charge in [-0.1, -0.05) is 13.8 Å². The summed E-state index contributed by atoms with van der Waals surface area (Å²) in [5.74, 6) is 0. The van der Waals surface area contributed by atoms with Crippen molar-refractivity contribution in [3.8, 4) is 0 Å². The molecule has 168 valence electrons. The molecule has 0 aliphatic carbocycles. The van der Waals surface area contributed by atoms with Gasteiger partial charge >= 0.3 is 0 Å². The molecule has 2 aromatic heterocycles. The first-order valence-corrected chi connectivity index (χ1v) is 13.4. The molecular formula is C26H38N3S2+. The lowest BCUT2D eigenvalue weighted by atomic mass is 10.1. The second-order valence-electron chi connectivity index (χ2n) is 7.85. The average Bonchev–Trinajstić information content (AvgIpc) is 3.13. The van der Waals surface area contributed by atoms with E-state index in [9.17, 15) is 0 Å². The maximum absolute atomic E-state index is 4.54. The standard InChI is InChI=1S/C16H21N2S2.C8H11N.C2H6/c1-11(18-8-6-14(19-3)7-9-18)13-4-5-15-16(10-13)20-12(2)17-15;1-6-4-7(2)9-8(3)5-6;1-2/h4-5,10,14H,6-9H2,1-3H3;4-5H,1-3H3;1-2H3/q+1;;. The van der Waals surface area contributed by atoms with Crippen LogP contribution in [0.25, 0.3) is 10.2 Å². The van der Waals surface area contributed by atoms with E-state index in [1.807, 2.05) is 39.5 Å². The Hall–Kier alpha value is -1.72. The summed E-state index contributed by atoms with van der Waals surface area (Å²) in [4.78, 5) is 8.77. The first kappa shape index (κ1) is 25.5. The summed E-state index contributed by atoms with van der Waals surface area (Å²) in [6.07, 6.45) is 4.85. The van der Waals surface area contributed by atoms with Gasteiger partial charge in [0, 0.05) is 42.0 Å². The molecule has 0 N–H and O–H groups in total. The summed E-state index contributed by atoms with van der Waals surface area (Å²) in [6, 6.07) is 10.8. The summed E-state index contributed by atoms with van der Waals surface area (Å²) in [7, 11) is 0. The van der Waals surface area contributed by atoms with Crippen LogP contribution >= 0.6 is 23.1 Å². The molecule has 1 aromatic carbocycles. The van der Waals surface area contributed by atoms with Gasteiger partial charge < -0.3 is 0 Å². The lowest BCUT2D eigenvalue weighted by molar-refractivity contribution is -0.536. The Kier molecular flexibility index (Phi) is 10.2. The molecule has 0 atom stereocenters. The molecule has 3 aromatic rings. The van der Waals surface area contributed by atoms with Crippen molar-refractivity contribution in [1.82, 2.24) is 9.97 Å². The predicted octanol–water partition coefficient (Wildman–Crippen LogP) is 6.98. The Morgan fingerprint density at radius 3 is 2.13 bits per heavy atom. The third-order valence-electron chi connectivity index (χ3n) is 5.39. The number of nitrogens with zero attached hydrogens (tertiary/aromatic N) is 3. The number of hydrogen-bond donors (Lipinski definition) is 0. The Morgan fingerprint density at radius 1 is 0.968 bits per heavy atom. The number of aromatic nitrogens is 2. The first-order valence-electron chi connectivity index (χ1n) is 11.3. The maximum atomic E-state index is 4.54. The molecule has 1 aliphatic heterocycles. The van der Waals surface area contributed by atoms with Crippen molar-refractivity contribution >= 4 is 39.0 Å². The van der Waals surface area contributed by atoms with Crippen LogP contribution < -0.4 is 0 Å². The second kappa shape index (κ2) is 12.4. The molecule has 3 nitrogen and oxygen atoms in total. The number of aryl methyl sites for hydroxylation is 4. The van der Waals surface area contributed by atoms with E-state index < -0.39 is 0 Å². The van der Waals surface area contributed by atoms with E-state index in [0.29, 0.717) is 0 Å². The smallest absolute Gasteiger partial charge is 0.180 e. The predicted molar refractivity (Wildman–Crippen MR) is 140 cm³/mol. The van der Waals surface area contributed by atoms with Crippen molar-refractivity contribution in [1.29, 1.82) is 0 Å². The van der Waals surface area contributed by atoms with Crippen molar-refractivity contribution in [3.63, 3.8) is 0 Å². The molecule has 0 saturated carbocycles. The van der Waals surface area contributed by atoms with Crippen LogP contribution in [0.1, 0.15) is 61.1 Å². The van der Waals surface area contributed by atoms with Crippen LogP contribution in [0.2, 0.25) is 0 Å². The van der Waals surface area contributed by atoms with Gasteiger partial charge in [-0.05, 0) is 69.8 Å². The highest BCUT2D eigenvalue weighted by molar-refractivity contribution is 7.99. The van der Waals surface area contributed by atoms with Gasteiger partial charge in [-0.15, -0.1) is 11.3 Å². The van der Waals surface area contributed by atoms with Gasteiger partial charge in [0.25, 0.3) is 0 Å². The number of rotatable bonds is 2. The maximum Gasteiger partial charge on any atom is 0.180 e. The SMILES string of the molecule is CC.CSC1CC[N+](=C(C)c2ccc3nc(C)sc3c2)CC1.Cc1cc(C)nc(C)c1. The number of hydrogen-bond acceptors (Lipinski definition) is 4. The lowest BCUT2D eigenvalue weighted by Gasteiger charge is -2.20. The molecule has 5 heteroatoms. The van der Waals surface area contributed by atoms with Gasteiger partial charge in [0.2, 0.25) is 0 Å². The highest BCUT2D eigenvalue weighted by Gasteiger charge is 2.22. The van der Waals surface area contributed by atoms with E-state index in [2.05, 4.69) is 71.9 Å². The van der Waals surface area contributed by atoms with E-state index >= 15 is 0 Å². The van der Waals surface area contributed by atoms with Crippen molar-refractivity contribution in [2.24, 2.45) is 0 Å². The fraction of sp³-hybridized carbons (Fsp3) is 0.500. The van der Waals surface area contributed by atoms with E-state index in [4.69, 9.17) is 0 Å². The number of pyridine rings is 1. The topological polar surface area (TPSA) is 28.8 Å². The van der Waals surface area contributed by atoms with Gasteiger partial charge in [-0.3, -0.25) is 4.98 Å². The number of fused-ring (bicyclic) bond motifs is 1. The van der Waals surface area contributed by atoms with Crippen LogP contribution in [0.4, 0.5) is 0 Å². The quantitative estimate of drug-likeness (QED) is 0.389. The van der Waals surface area contributed by atoms with Crippen molar-refractivity contribution in [3.05, 3.63) is 57.9 Å². The molecule has 3 heterocycles. The third-order valence-corrected chi connectivity index (χ3v) is 7.46. The van der Waals surface area contributed by atoms with E-state index in [0.717, 1.165) is 27.2 Å². The number of benzene rings is 1. The molecule has 1 aliphatic rings. The zero-order chi connectivity index (χ0) is 23.0. The van der Waals surface area contributed by atoms with Crippen LogP contribution in [0.15, 0.2) is 30.3 Å². The minimum absolute atomic E-state index is 0.852. The number of thioether (sulfide) groups is 1. The van der Waals surface area contributed by atoms with Crippen molar-refractivity contribution in [2.75, 3.05) is 19.3 Å². The number of thiazole rings is 1. The molecule has 0 unspecified atom stereocenters. The molecule has 0 spiro atoms. The van der Waals surface area contributed by atoms with E-state index in [-0.39, 0.29) is 0 Å². The van der Waals surface area contributed by atoms with Gasteiger partial charge in [-0.2, -0.15) is 11.8 Å². The number of piperidine rings is 1. The van der Waals surface area contributed by atoms with Crippen molar-refractivity contribution in [2.45, 2.75) is 66.6 Å². The van der Waals surface area contributed by atoms with Crippen LogP contribution in [0, 0.1) is 27.7 Å². The third kappa shape index (κ3) is 7.43. The fourth-order valence-electron chi connectivity index (χ4n) is 3.92. The molecule has 4 rings (SSSR count). The van der Waals surface area contributed by atoms with Crippen LogP contribution in [-0.2, 0) is 0 Å². The normalized spacial score (nSPS) is 15.6. The molecule has 1 saturated heterocycles. The van der Waals surface area contributed by atoms with E-state index in [1.165, 1.54) is 47.5 Å².